The van der Waals surface area contributed by atoms with Crippen molar-refractivity contribution in [1.82, 2.24) is 10.2 Å². The number of amides is 2. The lowest BCUT2D eigenvalue weighted by molar-refractivity contribution is -0.140. The van der Waals surface area contributed by atoms with Crippen molar-refractivity contribution in [3.05, 3.63) is 59.4 Å². The first kappa shape index (κ1) is 28.1. The maximum atomic E-state index is 13.6. The number of carbonyl (C=O) groups is 2. The Morgan fingerprint density at radius 1 is 1.11 bits per heavy atom. The van der Waals surface area contributed by atoms with Crippen LogP contribution in [0.3, 0.4) is 0 Å². The number of sulfonamides is 1. The van der Waals surface area contributed by atoms with Gasteiger partial charge in [-0.2, -0.15) is 0 Å². The molecule has 0 radical (unpaired) electrons. The Labute approximate surface area is 207 Å². The standard InChI is InChI=1S/C25H34FN3O5S/c1-7-21(25(31)27-17(2)3)28(15-19-9-11-20(26)12-10-19)24(30)16-29(35(6,32)33)22-14-18(4)8-13-23(22)34-5/h8-14,17,21H,7,15-16H2,1-6H3,(H,27,31). The number of benzene rings is 2. The van der Waals surface area contributed by atoms with Crippen molar-refractivity contribution in [1.29, 1.82) is 0 Å². The molecule has 0 heterocycles. The number of rotatable bonds is 11. The van der Waals surface area contributed by atoms with Crippen LogP contribution in [0.1, 0.15) is 38.3 Å². The minimum absolute atomic E-state index is 0.00564. The molecule has 0 saturated carbocycles. The number of anilines is 1. The molecule has 0 aromatic heterocycles. The van der Waals surface area contributed by atoms with Crippen LogP contribution in [0, 0.1) is 12.7 Å². The molecule has 1 N–H and O–H groups in total. The molecule has 0 saturated heterocycles. The number of aryl methyl sites for hydroxylation is 1. The van der Waals surface area contributed by atoms with Gasteiger partial charge in [-0.05, 0) is 62.6 Å². The van der Waals surface area contributed by atoms with Crippen LogP contribution in [0.2, 0.25) is 0 Å². The van der Waals surface area contributed by atoms with Crippen LogP contribution in [0.5, 0.6) is 5.75 Å². The highest BCUT2D eigenvalue weighted by Crippen LogP contribution is 2.31. The Morgan fingerprint density at radius 3 is 2.26 bits per heavy atom. The number of halogens is 1. The van der Waals surface area contributed by atoms with Gasteiger partial charge in [0.2, 0.25) is 21.8 Å². The van der Waals surface area contributed by atoms with E-state index in [0.717, 1.165) is 16.1 Å². The Bertz CT molecular complexity index is 1140. The SMILES string of the molecule is CCC(C(=O)NC(C)C)N(Cc1ccc(F)cc1)C(=O)CN(c1cc(C)ccc1OC)S(C)(=O)=O. The van der Waals surface area contributed by atoms with E-state index in [9.17, 15) is 22.4 Å². The summed E-state index contributed by atoms with van der Waals surface area (Å²) < 4.78 is 45.3. The second-order valence-corrected chi connectivity index (χ2v) is 10.6. The summed E-state index contributed by atoms with van der Waals surface area (Å²) in [7, 11) is -2.47. The lowest BCUT2D eigenvalue weighted by Gasteiger charge is -2.33. The molecule has 0 bridgehead atoms. The number of hydrogen-bond donors (Lipinski definition) is 1. The number of carbonyl (C=O) groups excluding carboxylic acids is 2. The van der Waals surface area contributed by atoms with E-state index < -0.39 is 34.3 Å². The Kier molecular flexibility index (Phi) is 9.64. The molecule has 1 unspecified atom stereocenters. The van der Waals surface area contributed by atoms with Crippen molar-refractivity contribution < 1.29 is 27.1 Å². The molecule has 10 heteroatoms. The predicted octanol–water partition coefficient (Wildman–Crippen LogP) is 3.24. The summed E-state index contributed by atoms with van der Waals surface area (Å²) >= 11 is 0. The van der Waals surface area contributed by atoms with Crippen LogP contribution in [-0.2, 0) is 26.2 Å². The maximum Gasteiger partial charge on any atom is 0.244 e. The summed E-state index contributed by atoms with van der Waals surface area (Å²) in [4.78, 5) is 27.9. The third kappa shape index (κ3) is 7.68. The van der Waals surface area contributed by atoms with E-state index in [-0.39, 0.29) is 24.2 Å². The van der Waals surface area contributed by atoms with Crippen molar-refractivity contribution in [2.24, 2.45) is 0 Å². The summed E-state index contributed by atoms with van der Waals surface area (Å²) in [6.07, 6.45) is 1.31. The zero-order valence-electron chi connectivity index (χ0n) is 21.0. The Balaban J connectivity index is 2.50. The van der Waals surface area contributed by atoms with Gasteiger partial charge in [0.15, 0.2) is 0 Å². The number of nitrogens with one attached hydrogen (secondary N) is 1. The van der Waals surface area contributed by atoms with E-state index in [1.165, 1.54) is 36.3 Å². The van der Waals surface area contributed by atoms with Crippen molar-refractivity contribution in [2.45, 2.75) is 52.7 Å². The third-order valence-electron chi connectivity index (χ3n) is 5.37. The molecule has 1 atom stereocenters. The second-order valence-electron chi connectivity index (χ2n) is 8.68. The van der Waals surface area contributed by atoms with Gasteiger partial charge >= 0.3 is 0 Å². The van der Waals surface area contributed by atoms with Gasteiger partial charge in [-0.1, -0.05) is 25.1 Å². The normalized spacial score (nSPS) is 12.2. The van der Waals surface area contributed by atoms with E-state index >= 15 is 0 Å². The summed E-state index contributed by atoms with van der Waals surface area (Å²) in [6.45, 7) is 6.66. The van der Waals surface area contributed by atoms with Gasteiger partial charge < -0.3 is 15.0 Å². The molecule has 35 heavy (non-hydrogen) atoms. The Morgan fingerprint density at radius 2 is 1.74 bits per heavy atom. The highest BCUT2D eigenvalue weighted by molar-refractivity contribution is 7.92. The van der Waals surface area contributed by atoms with Crippen molar-refractivity contribution in [2.75, 3.05) is 24.2 Å². The van der Waals surface area contributed by atoms with Gasteiger partial charge in [-0.15, -0.1) is 0 Å². The number of hydrogen-bond acceptors (Lipinski definition) is 5. The average Bonchev–Trinajstić information content (AvgIpc) is 2.77. The monoisotopic (exact) mass is 507 g/mol. The minimum Gasteiger partial charge on any atom is -0.495 e. The molecule has 0 aliphatic carbocycles. The molecule has 0 aliphatic rings. The van der Waals surface area contributed by atoms with Gasteiger partial charge in [0.05, 0.1) is 19.1 Å². The van der Waals surface area contributed by atoms with Crippen LogP contribution >= 0.6 is 0 Å². The van der Waals surface area contributed by atoms with E-state index in [4.69, 9.17) is 4.74 Å². The molecular formula is C25H34FN3O5S. The van der Waals surface area contributed by atoms with E-state index in [2.05, 4.69) is 5.32 Å². The first-order valence-electron chi connectivity index (χ1n) is 11.3. The van der Waals surface area contributed by atoms with Crippen molar-refractivity contribution >= 4 is 27.5 Å². The van der Waals surface area contributed by atoms with Gasteiger partial charge in [-0.25, -0.2) is 12.8 Å². The summed E-state index contributed by atoms with van der Waals surface area (Å²) in [5.41, 5.74) is 1.62. The fraction of sp³-hybridized carbons (Fsp3) is 0.440. The lowest BCUT2D eigenvalue weighted by atomic mass is 10.1. The highest BCUT2D eigenvalue weighted by atomic mass is 32.2. The molecule has 0 fully saturated rings. The molecule has 0 aliphatic heterocycles. The van der Waals surface area contributed by atoms with E-state index in [0.29, 0.717) is 17.7 Å². The predicted molar refractivity (Wildman–Crippen MR) is 134 cm³/mol. The summed E-state index contributed by atoms with van der Waals surface area (Å²) in [6, 6.07) is 9.63. The van der Waals surface area contributed by atoms with Crippen LogP contribution < -0.4 is 14.4 Å². The van der Waals surface area contributed by atoms with E-state index in [1.807, 2.05) is 13.8 Å². The van der Waals surface area contributed by atoms with Crippen molar-refractivity contribution in [3.8, 4) is 5.75 Å². The maximum absolute atomic E-state index is 13.6. The van der Waals surface area contributed by atoms with Gasteiger partial charge in [0.25, 0.3) is 0 Å². The van der Waals surface area contributed by atoms with Crippen LogP contribution in [0.15, 0.2) is 42.5 Å². The fourth-order valence-electron chi connectivity index (χ4n) is 3.68. The molecule has 2 aromatic carbocycles. The zero-order chi connectivity index (χ0) is 26.3. The second kappa shape index (κ2) is 12.0. The van der Waals surface area contributed by atoms with Crippen molar-refractivity contribution in [3.63, 3.8) is 0 Å². The quantitative estimate of drug-likeness (QED) is 0.504. The van der Waals surface area contributed by atoms with Gasteiger partial charge in [-0.3, -0.25) is 13.9 Å². The number of ether oxygens (including phenoxy) is 1. The van der Waals surface area contributed by atoms with Crippen LogP contribution in [0.25, 0.3) is 0 Å². The largest absolute Gasteiger partial charge is 0.495 e. The fourth-order valence-corrected chi connectivity index (χ4v) is 4.52. The molecule has 8 nitrogen and oxygen atoms in total. The Hall–Kier alpha value is -3.14. The van der Waals surface area contributed by atoms with Crippen LogP contribution in [-0.4, -0.2) is 57.1 Å². The van der Waals surface area contributed by atoms with Crippen LogP contribution in [0.4, 0.5) is 10.1 Å². The molecular weight excluding hydrogens is 473 g/mol. The molecule has 2 rings (SSSR count). The lowest BCUT2D eigenvalue weighted by Crippen LogP contribution is -2.53. The topological polar surface area (TPSA) is 96.0 Å². The molecule has 2 amide bonds. The first-order valence-corrected chi connectivity index (χ1v) is 13.2. The zero-order valence-corrected chi connectivity index (χ0v) is 21.9. The van der Waals surface area contributed by atoms with Gasteiger partial charge in [0, 0.05) is 12.6 Å². The average molecular weight is 508 g/mol. The smallest absolute Gasteiger partial charge is 0.244 e. The molecule has 0 spiro atoms. The third-order valence-corrected chi connectivity index (χ3v) is 6.49. The number of nitrogens with zero attached hydrogens (tertiary/aromatic N) is 2. The summed E-state index contributed by atoms with van der Waals surface area (Å²) in [5, 5.41) is 2.82. The van der Waals surface area contributed by atoms with Gasteiger partial charge in [0.1, 0.15) is 24.2 Å². The first-order chi connectivity index (χ1) is 16.4. The highest BCUT2D eigenvalue weighted by Gasteiger charge is 2.32. The molecule has 192 valence electrons. The van der Waals surface area contributed by atoms with E-state index in [1.54, 1.807) is 32.0 Å². The summed E-state index contributed by atoms with van der Waals surface area (Å²) in [5.74, 6) is -1.06. The number of methoxy groups -OCH3 is 1. The molecule has 2 aromatic rings. The minimum atomic E-state index is -3.89.